The molecule has 1 saturated heterocycles. The van der Waals surface area contributed by atoms with Gasteiger partial charge in [-0.1, -0.05) is 11.2 Å². The van der Waals surface area contributed by atoms with Crippen molar-refractivity contribution < 1.29 is 27.2 Å². The van der Waals surface area contributed by atoms with Crippen LogP contribution in [-0.4, -0.2) is 62.5 Å². The molecule has 0 aliphatic carbocycles. The van der Waals surface area contributed by atoms with E-state index in [1.807, 2.05) is 25.1 Å². The molecular weight excluding hydrogens is 434 g/mol. The topological polar surface area (TPSA) is 102 Å². The number of carbonyl (C=O) groups excluding carboxylic acids is 1. The van der Waals surface area contributed by atoms with Crippen LogP contribution in [0.3, 0.4) is 0 Å². The SMILES string of the molecule is CCN(Cc1ccc(OC)c(OC)c1)C(=O)C1CCCN(S(=O)(=O)c2c(C)noc2C)C1. The van der Waals surface area contributed by atoms with E-state index >= 15 is 0 Å². The van der Waals surface area contributed by atoms with Crippen LogP contribution < -0.4 is 9.47 Å². The van der Waals surface area contributed by atoms with Crippen molar-refractivity contribution in [3.63, 3.8) is 0 Å². The molecule has 1 amide bonds. The van der Waals surface area contributed by atoms with Gasteiger partial charge in [0.15, 0.2) is 17.3 Å². The molecule has 0 spiro atoms. The highest BCUT2D eigenvalue weighted by Gasteiger charge is 2.37. The van der Waals surface area contributed by atoms with Crippen LogP contribution in [0.25, 0.3) is 0 Å². The molecule has 2 heterocycles. The second-order valence-corrected chi connectivity index (χ2v) is 9.77. The van der Waals surface area contributed by atoms with Crippen LogP contribution in [0, 0.1) is 19.8 Å². The Morgan fingerprint density at radius 2 is 1.97 bits per heavy atom. The fourth-order valence-electron chi connectivity index (χ4n) is 4.14. The van der Waals surface area contributed by atoms with E-state index in [-0.39, 0.29) is 23.1 Å². The molecule has 0 bridgehead atoms. The van der Waals surface area contributed by atoms with Gasteiger partial charge in [-0.15, -0.1) is 0 Å². The van der Waals surface area contributed by atoms with Crippen molar-refractivity contribution in [2.24, 2.45) is 5.92 Å². The molecule has 1 aromatic heterocycles. The number of carbonyl (C=O) groups is 1. The molecule has 176 valence electrons. The highest BCUT2D eigenvalue weighted by Crippen LogP contribution is 2.30. The van der Waals surface area contributed by atoms with Crippen molar-refractivity contribution in [1.82, 2.24) is 14.4 Å². The molecule has 1 unspecified atom stereocenters. The Hall–Kier alpha value is -2.59. The van der Waals surface area contributed by atoms with E-state index in [0.29, 0.717) is 49.7 Å². The summed E-state index contributed by atoms with van der Waals surface area (Å²) in [6.45, 7) is 6.55. The highest BCUT2D eigenvalue weighted by molar-refractivity contribution is 7.89. The van der Waals surface area contributed by atoms with E-state index in [1.54, 1.807) is 33.0 Å². The Morgan fingerprint density at radius 1 is 1.25 bits per heavy atom. The number of aryl methyl sites for hydroxylation is 2. The van der Waals surface area contributed by atoms with E-state index in [9.17, 15) is 13.2 Å². The Bertz CT molecular complexity index is 1050. The van der Waals surface area contributed by atoms with Crippen LogP contribution in [0.2, 0.25) is 0 Å². The number of amides is 1. The predicted molar refractivity (Wildman–Crippen MR) is 118 cm³/mol. The third kappa shape index (κ3) is 4.75. The van der Waals surface area contributed by atoms with Gasteiger partial charge < -0.3 is 18.9 Å². The molecule has 1 aromatic carbocycles. The zero-order valence-electron chi connectivity index (χ0n) is 19.3. The smallest absolute Gasteiger partial charge is 0.248 e. The fourth-order valence-corrected chi connectivity index (χ4v) is 5.95. The average molecular weight is 466 g/mol. The number of benzene rings is 1. The van der Waals surface area contributed by atoms with Gasteiger partial charge in [-0.2, -0.15) is 4.31 Å². The van der Waals surface area contributed by atoms with Gasteiger partial charge in [-0.3, -0.25) is 4.79 Å². The first-order chi connectivity index (χ1) is 15.2. The Morgan fingerprint density at radius 3 is 2.56 bits per heavy atom. The summed E-state index contributed by atoms with van der Waals surface area (Å²) in [6, 6.07) is 5.56. The molecule has 1 fully saturated rings. The van der Waals surface area contributed by atoms with E-state index in [0.717, 1.165) is 5.56 Å². The molecule has 1 aliphatic heterocycles. The van der Waals surface area contributed by atoms with Gasteiger partial charge in [0.05, 0.1) is 20.1 Å². The quantitative estimate of drug-likeness (QED) is 0.591. The summed E-state index contributed by atoms with van der Waals surface area (Å²) in [5.41, 5.74) is 1.24. The minimum absolute atomic E-state index is 0.0547. The third-order valence-corrected chi connectivity index (χ3v) is 7.92. The highest BCUT2D eigenvalue weighted by atomic mass is 32.2. The number of methoxy groups -OCH3 is 2. The summed E-state index contributed by atoms with van der Waals surface area (Å²) in [5, 5.41) is 3.77. The van der Waals surface area contributed by atoms with E-state index in [2.05, 4.69) is 5.16 Å². The lowest BCUT2D eigenvalue weighted by Gasteiger charge is -2.34. The Balaban J connectivity index is 1.76. The zero-order chi connectivity index (χ0) is 23.5. The number of rotatable bonds is 8. The first-order valence-electron chi connectivity index (χ1n) is 10.7. The number of hydrogen-bond acceptors (Lipinski definition) is 7. The van der Waals surface area contributed by atoms with E-state index < -0.39 is 15.9 Å². The fraction of sp³-hybridized carbons (Fsp3) is 0.545. The number of piperidine rings is 1. The summed E-state index contributed by atoms with van der Waals surface area (Å²) in [6.07, 6.45) is 1.27. The lowest BCUT2D eigenvalue weighted by molar-refractivity contribution is -0.137. The van der Waals surface area contributed by atoms with Gasteiger partial charge in [0, 0.05) is 26.2 Å². The molecule has 1 atom stereocenters. The van der Waals surface area contributed by atoms with Gasteiger partial charge in [-0.05, 0) is 51.3 Å². The van der Waals surface area contributed by atoms with Crippen LogP contribution in [0.1, 0.15) is 36.8 Å². The zero-order valence-corrected chi connectivity index (χ0v) is 20.1. The largest absolute Gasteiger partial charge is 0.493 e. The summed E-state index contributed by atoms with van der Waals surface area (Å²) in [5.74, 6) is 1.03. The van der Waals surface area contributed by atoms with Gasteiger partial charge >= 0.3 is 0 Å². The van der Waals surface area contributed by atoms with E-state index in [1.165, 1.54) is 4.31 Å². The van der Waals surface area contributed by atoms with Gasteiger partial charge in [0.1, 0.15) is 10.6 Å². The second kappa shape index (κ2) is 9.91. The van der Waals surface area contributed by atoms with Crippen LogP contribution in [0.4, 0.5) is 0 Å². The first kappa shape index (κ1) is 24.1. The predicted octanol–water partition coefficient (Wildman–Crippen LogP) is 2.76. The standard InChI is InChI=1S/C22H31N3O6S/c1-6-24(13-17-9-10-19(29-4)20(12-17)30-5)22(26)18-8-7-11-25(14-18)32(27,28)21-15(2)23-31-16(21)3/h9-10,12,18H,6-8,11,13-14H2,1-5H3. The molecule has 0 radical (unpaired) electrons. The Kier molecular flexibility index (Phi) is 7.45. The minimum atomic E-state index is -3.78. The normalized spacial score (nSPS) is 17.2. The molecule has 10 heteroatoms. The maximum atomic E-state index is 13.3. The van der Waals surface area contributed by atoms with Crippen molar-refractivity contribution >= 4 is 15.9 Å². The van der Waals surface area contributed by atoms with Gasteiger partial charge in [0.25, 0.3) is 0 Å². The van der Waals surface area contributed by atoms with Gasteiger partial charge in [0.2, 0.25) is 15.9 Å². The van der Waals surface area contributed by atoms with Crippen LogP contribution in [0.5, 0.6) is 11.5 Å². The lowest BCUT2D eigenvalue weighted by Crippen LogP contribution is -2.46. The number of ether oxygens (including phenoxy) is 2. The molecular formula is C22H31N3O6S. The number of aromatic nitrogens is 1. The summed E-state index contributed by atoms with van der Waals surface area (Å²) in [4.78, 5) is 15.2. The number of hydrogen-bond donors (Lipinski definition) is 0. The number of nitrogens with zero attached hydrogens (tertiary/aromatic N) is 3. The van der Waals surface area contributed by atoms with Crippen molar-refractivity contribution in [1.29, 1.82) is 0 Å². The molecule has 2 aromatic rings. The van der Waals surface area contributed by atoms with Crippen LogP contribution in [-0.2, 0) is 21.4 Å². The molecule has 32 heavy (non-hydrogen) atoms. The van der Waals surface area contributed by atoms with Crippen LogP contribution >= 0.6 is 0 Å². The van der Waals surface area contributed by atoms with Gasteiger partial charge in [-0.25, -0.2) is 8.42 Å². The Labute approximate surface area is 189 Å². The lowest BCUT2D eigenvalue weighted by atomic mass is 9.97. The van der Waals surface area contributed by atoms with Crippen molar-refractivity contribution in [3.05, 3.63) is 35.2 Å². The van der Waals surface area contributed by atoms with E-state index in [4.69, 9.17) is 14.0 Å². The van der Waals surface area contributed by atoms with Crippen molar-refractivity contribution in [3.8, 4) is 11.5 Å². The maximum Gasteiger partial charge on any atom is 0.248 e. The summed E-state index contributed by atoms with van der Waals surface area (Å²) >= 11 is 0. The summed E-state index contributed by atoms with van der Waals surface area (Å²) in [7, 11) is -0.634. The average Bonchev–Trinajstić information content (AvgIpc) is 3.15. The number of sulfonamides is 1. The maximum absolute atomic E-state index is 13.3. The van der Waals surface area contributed by atoms with Crippen molar-refractivity contribution in [2.45, 2.75) is 45.1 Å². The monoisotopic (exact) mass is 465 g/mol. The molecule has 3 rings (SSSR count). The van der Waals surface area contributed by atoms with Crippen molar-refractivity contribution in [2.75, 3.05) is 33.9 Å². The first-order valence-corrected chi connectivity index (χ1v) is 12.1. The molecule has 9 nitrogen and oxygen atoms in total. The molecule has 0 N–H and O–H groups in total. The molecule has 1 aliphatic rings. The molecule has 0 saturated carbocycles. The van der Waals surface area contributed by atoms with Crippen LogP contribution in [0.15, 0.2) is 27.6 Å². The second-order valence-electron chi connectivity index (χ2n) is 7.90. The third-order valence-electron chi connectivity index (χ3n) is 5.81. The minimum Gasteiger partial charge on any atom is -0.493 e. The summed E-state index contributed by atoms with van der Waals surface area (Å²) < 4.78 is 43.5.